The summed E-state index contributed by atoms with van der Waals surface area (Å²) in [7, 11) is 0. The molecule has 2 aromatic rings. The van der Waals surface area contributed by atoms with E-state index in [1.165, 1.54) is 11.0 Å². The fraction of sp³-hybridized carbons (Fsp3) is 0.133. The Kier molecular flexibility index (Phi) is 2.78. The average molecular weight is 259 g/mol. The highest BCUT2D eigenvalue weighted by molar-refractivity contribution is 6.07. The second-order valence-electron chi connectivity index (χ2n) is 4.46. The van der Waals surface area contributed by atoms with Gasteiger partial charge in [0.1, 0.15) is 11.6 Å². The molecule has 1 aliphatic heterocycles. The molecule has 0 N–H and O–H groups in total. The summed E-state index contributed by atoms with van der Waals surface area (Å²) in [5.74, 6) is -1.94. The lowest BCUT2D eigenvalue weighted by molar-refractivity contribution is 0.0985. The van der Waals surface area contributed by atoms with Crippen LogP contribution < -0.4 is 4.90 Å². The smallest absolute Gasteiger partial charge is 0.261 e. The predicted octanol–water partition coefficient (Wildman–Crippen LogP) is 3.17. The lowest BCUT2D eigenvalue weighted by Gasteiger charge is -2.17. The second-order valence-corrected chi connectivity index (χ2v) is 4.46. The van der Waals surface area contributed by atoms with Crippen molar-refractivity contribution in [2.75, 3.05) is 11.4 Å². The normalized spacial score (nSPS) is 13.5. The van der Waals surface area contributed by atoms with Crippen LogP contribution in [-0.4, -0.2) is 12.5 Å². The lowest BCUT2D eigenvalue weighted by Crippen LogP contribution is -2.29. The van der Waals surface area contributed by atoms with Gasteiger partial charge >= 0.3 is 0 Å². The summed E-state index contributed by atoms with van der Waals surface area (Å²) in [6.45, 7) is 0.523. The van der Waals surface area contributed by atoms with E-state index in [9.17, 15) is 13.6 Å². The van der Waals surface area contributed by atoms with Gasteiger partial charge in [0.25, 0.3) is 5.91 Å². The number of rotatable bonds is 1. The van der Waals surface area contributed by atoms with Crippen molar-refractivity contribution < 1.29 is 13.6 Å². The summed E-state index contributed by atoms with van der Waals surface area (Å²) in [4.78, 5) is 13.8. The first-order chi connectivity index (χ1) is 9.16. The van der Waals surface area contributed by atoms with Crippen molar-refractivity contribution in [1.82, 2.24) is 0 Å². The number of para-hydroxylation sites is 1. The third-order valence-corrected chi connectivity index (χ3v) is 3.29. The van der Waals surface area contributed by atoms with E-state index in [2.05, 4.69) is 0 Å². The van der Waals surface area contributed by atoms with Crippen LogP contribution >= 0.6 is 0 Å². The van der Waals surface area contributed by atoms with Crippen molar-refractivity contribution in [1.29, 1.82) is 0 Å². The van der Waals surface area contributed by atoms with Gasteiger partial charge in [0.15, 0.2) is 0 Å². The molecule has 1 amide bonds. The van der Waals surface area contributed by atoms with E-state index in [4.69, 9.17) is 0 Å². The lowest BCUT2D eigenvalue weighted by atomic mass is 10.1. The Labute approximate surface area is 109 Å². The van der Waals surface area contributed by atoms with Crippen LogP contribution in [0.4, 0.5) is 14.5 Å². The first kappa shape index (κ1) is 11.8. The number of fused-ring (bicyclic) bond motifs is 1. The van der Waals surface area contributed by atoms with Crippen LogP contribution in [0.1, 0.15) is 15.9 Å². The number of benzene rings is 2. The Hall–Kier alpha value is -2.23. The maximum absolute atomic E-state index is 13.6. The zero-order valence-electron chi connectivity index (χ0n) is 10.1. The Balaban J connectivity index is 1.98. The highest BCUT2D eigenvalue weighted by Gasteiger charge is 2.26. The van der Waals surface area contributed by atoms with Gasteiger partial charge in [-0.15, -0.1) is 0 Å². The van der Waals surface area contributed by atoms with Gasteiger partial charge in [0.05, 0.1) is 5.56 Å². The molecule has 19 heavy (non-hydrogen) atoms. The molecule has 0 spiro atoms. The molecule has 3 rings (SSSR count). The summed E-state index contributed by atoms with van der Waals surface area (Å²) in [5.41, 5.74) is 1.77. The van der Waals surface area contributed by atoms with Crippen molar-refractivity contribution in [3.05, 3.63) is 65.2 Å². The Morgan fingerprint density at radius 1 is 1.11 bits per heavy atom. The van der Waals surface area contributed by atoms with Crippen molar-refractivity contribution >= 4 is 11.6 Å². The summed E-state index contributed by atoms with van der Waals surface area (Å²) in [5, 5.41) is 0. The summed E-state index contributed by atoms with van der Waals surface area (Å²) < 4.78 is 26.5. The monoisotopic (exact) mass is 259 g/mol. The van der Waals surface area contributed by atoms with E-state index in [1.807, 2.05) is 24.3 Å². The number of amides is 1. The minimum atomic E-state index is -0.825. The molecule has 2 nitrogen and oxygen atoms in total. The van der Waals surface area contributed by atoms with Crippen molar-refractivity contribution in [3.8, 4) is 0 Å². The number of nitrogens with zero attached hydrogens (tertiary/aromatic N) is 1. The van der Waals surface area contributed by atoms with Gasteiger partial charge in [-0.25, -0.2) is 8.78 Å². The fourth-order valence-electron chi connectivity index (χ4n) is 2.36. The number of hydrogen-bond acceptors (Lipinski definition) is 1. The number of carbonyl (C=O) groups excluding carboxylic acids is 1. The van der Waals surface area contributed by atoms with E-state index in [0.717, 1.165) is 29.8 Å². The standard InChI is InChI=1S/C15H11F2NO/c16-11-5-6-12(13(17)9-11)15(19)18-8-7-10-3-1-2-4-14(10)18/h1-6,9H,7-8H2. The number of anilines is 1. The molecule has 0 fully saturated rings. The molecule has 0 bridgehead atoms. The van der Waals surface area contributed by atoms with Crippen LogP contribution in [0.2, 0.25) is 0 Å². The zero-order chi connectivity index (χ0) is 13.4. The largest absolute Gasteiger partial charge is 0.308 e. The van der Waals surface area contributed by atoms with E-state index in [-0.39, 0.29) is 5.56 Å². The van der Waals surface area contributed by atoms with E-state index in [0.29, 0.717) is 6.54 Å². The number of hydrogen-bond donors (Lipinski definition) is 0. The summed E-state index contributed by atoms with van der Waals surface area (Å²) in [6.07, 6.45) is 0.755. The molecule has 0 saturated heterocycles. The molecule has 0 aliphatic carbocycles. The molecule has 0 aromatic heterocycles. The molecule has 1 heterocycles. The highest BCUT2D eigenvalue weighted by Crippen LogP contribution is 2.29. The summed E-state index contributed by atoms with van der Waals surface area (Å²) in [6, 6.07) is 10.5. The van der Waals surface area contributed by atoms with Gasteiger partial charge in [-0.1, -0.05) is 18.2 Å². The van der Waals surface area contributed by atoms with Crippen LogP contribution in [0.3, 0.4) is 0 Å². The molecule has 0 unspecified atom stereocenters. The molecular weight excluding hydrogens is 248 g/mol. The minimum absolute atomic E-state index is 0.0990. The number of halogens is 2. The molecule has 96 valence electrons. The van der Waals surface area contributed by atoms with Gasteiger partial charge in [-0.05, 0) is 30.2 Å². The van der Waals surface area contributed by atoms with Crippen molar-refractivity contribution in [3.63, 3.8) is 0 Å². The van der Waals surface area contributed by atoms with E-state index < -0.39 is 17.5 Å². The molecule has 0 saturated carbocycles. The average Bonchev–Trinajstić information content (AvgIpc) is 2.82. The molecular formula is C15H11F2NO. The Morgan fingerprint density at radius 3 is 2.68 bits per heavy atom. The molecule has 0 radical (unpaired) electrons. The fourth-order valence-corrected chi connectivity index (χ4v) is 2.36. The van der Waals surface area contributed by atoms with E-state index in [1.54, 1.807) is 0 Å². The molecule has 2 aromatic carbocycles. The van der Waals surface area contributed by atoms with Crippen molar-refractivity contribution in [2.45, 2.75) is 6.42 Å². The zero-order valence-corrected chi connectivity index (χ0v) is 10.1. The van der Waals surface area contributed by atoms with Crippen molar-refractivity contribution in [2.24, 2.45) is 0 Å². The maximum Gasteiger partial charge on any atom is 0.261 e. The quantitative estimate of drug-likeness (QED) is 0.770. The van der Waals surface area contributed by atoms with Gasteiger partial charge in [0.2, 0.25) is 0 Å². The minimum Gasteiger partial charge on any atom is -0.308 e. The first-order valence-corrected chi connectivity index (χ1v) is 6.01. The molecule has 1 aliphatic rings. The van der Waals surface area contributed by atoms with Crippen LogP contribution in [0.5, 0.6) is 0 Å². The van der Waals surface area contributed by atoms with Gasteiger partial charge in [-0.2, -0.15) is 0 Å². The van der Waals surface area contributed by atoms with Crippen LogP contribution in [0.15, 0.2) is 42.5 Å². The van der Waals surface area contributed by atoms with Crippen LogP contribution in [0, 0.1) is 11.6 Å². The Morgan fingerprint density at radius 2 is 1.89 bits per heavy atom. The third-order valence-electron chi connectivity index (χ3n) is 3.29. The summed E-state index contributed by atoms with van der Waals surface area (Å²) >= 11 is 0. The predicted molar refractivity (Wildman–Crippen MR) is 68.2 cm³/mol. The van der Waals surface area contributed by atoms with Gasteiger partial charge in [0, 0.05) is 18.3 Å². The number of carbonyl (C=O) groups is 1. The third kappa shape index (κ3) is 1.99. The second kappa shape index (κ2) is 4.46. The molecule has 0 atom stereocenters. The van der Waals surface area contributed by atoms with E-state index >= 15 is 0 Å². The highest BCUT2D eigenvalue weighted by atomic mass is 19.1. The van der Waals surface area contributed by atoms with Gasteiger partial charge in [-0.3, -0.25) is 4.79 Å². The first-order valence-electron chi connectivity index (χ1n) is 6.01. The molecule has 4 heteroatoms. The van der Waals surface area contributed by atoms with Crippen LogP contribution in [0.25, 0.3) is 0 Å². The SMILES string of the molecule is O=C(c1ccc(F)cc1F)N1CCc2ccccc21. The Bertz CT molecular complexity index is 654. The maximum atomic E-state index is 13.6. The topological polar surface area (TPSA) is 20.3 Å². The van der Waals surface area contributed by atoms with Gasteiger partial charge < -0.3 is 4.90 Å². The van der Waals surface area contributed by atoms with Crippen LogP contribution in [-0.2, 0) is 6.42 Å².